The fourth-order valence-corrected chi connectivity index (χ4v) is 8.53. The van der Waals surface area contributed by atoms with Crippen LogP contribution in [-0.4, -0.2) is 0 Å². The summed E-state index contributed by atoms with van der Waals surface area (Å²) in [4.78, 5) is 4.86. The number of aryl methyl sites for hydroxylation is 1. The lowest BCUT2D eigenvalue weighted by atomic mass is 9.88. The quantitative estimate of drug-likeness (QED) is 0.0994. The number of nitrogens with zero attached hydrogens (tertiary/aromatic N) is 4. The maximum atomic E-state index is 9.77. The molecule has 274 valence electrons. The number of allylic oxidation sites excluding steroid dienone is 3. The molecule has 0 unspecified atom stereocenters. The minimum Gasteiger partial charge on any atom is -0.308 e. The minimum absolute atomic E-state index is 0.511. The van der Waals surface area contributed by atoms with E-state index in [2.05, 4.69) is 152 Å². The van der Waals surface area contributed by atoms with Crippen molar-refractivity contribution in [1.29, 1.82) is 15.8 Å². The van der Waals surface area contributed by atoms with Gasteiger partial charge in [0.15, 0.2) is 0 Å². The minimum atomic E-state index is 0.511. The average Bonchev–Trinajstić information content (AvgIpc) is 3.25. The van der Waals surface area contributed by atoms with E-state index in [9.17, 15) is 10.5 Å². The van der Waals surface area contributed by atoms with Gasteiger partial charge in [-0.25, -0.2) is 0 Å². The molecule has 9 rings (SSSR count). The highest BCUT2D eigenvalue weighted by molar-refractivity contribution is 7.99. The van der Waals surface area contributed by atoms with E-state index in [1.807, 2.05) is 43.8 Å². The van der Waals surface area contributed by atoms with Crippen molar-refractivity contribution in [3.63, 3.8) is 0 Å². The summed E-state index contributed by atoms with van der Waals surface area (Å²) in [6, 6.07) is 54.9. The highest BCUT2D eigenvalue weighted by Gasteiger charge is 2.25. The normalized spacial score (nSPS) is 11.6. The van der Waals surface area contributed by atoms with Gasteiger partial charge in [0.25, 0.3) is 0 Å². The van der Waals surface area contributed by atoms with Gasteiger partial charge in [0, 0.05) is 26.6 Å². The molecule has 0 aliphatic carbocycles. The standard InChI is InChI=1S/C36H19N3S.C10H12.C6H9N/c37-20-26-6-5-7-27(21-38)34(26)28-16-22-12-14-24-18-29(19-25-15-13-23(17-28)35(22)36(24)25)39-30-8-1-3-10-32(30)40-33-11-4-2-9-31(33)39;1-3-6-10-8-5-4-7-9(10)2;1-3-4-6(2)5-7/h1-19H;3-5,7-8H,1,6H2,2H3;4H,3H2,1-2H3/b;;6-4-. The van der Waals surface area contributed by atoms with Crippen molar-refractivity contribution in [3.8, 4) is 29.3 Å². The van der Waals surface area contributed by atoms with Crippen molar-refractivity contribution >= 4 is 61.1 Å². The van der Waals surface area contributed by atoms with Crippen LogP contribution in [0.3, 0.4) is 0 Å². The van der Waals surface area contributed by atoms with Crippen LogP contribution in [0.1, 0.15) is 42.5 Å². The van der Waals surface area contributed by atoms with Gasteiger partial charge >= 0.3 is 0 Å². The SMILES string of the molecule is C=CCc1ccccc1C.CC/C=C(/C)C#N.N#Cc1cccc(C#N)c1-c1cc2ccc3cc(N4c5ccccc5Sc5ccccc54)cc4ccc(c1)c2c34. The molecule has 0 amide bonds. The largest absolute Gasteiger partial charge is 0.308 e. The molecule has 57 heavy (non-hydrogen) atoms. The number of hydrogen-bond donors (Lipinski definition) is 0. The smallest absolute Gasteiger partial charge is 0.0998 e. The molecule has 0 fully saturated rings. The fourth-order valence-electron chi connectivity index (χ4n) is 7.47. The molecule has 1 heterocycles. The van der Waals surface area contributed by atoms with Crippen molar-refractivity contribution in [3.05, 3.63) is 186 Å². The first-order chi connectivity index (χ1) is 27.9. The molecule has 4 nitrogen and oxygen atoms in total. The molecule has 1 aliphatic heterocycles. The van der Waals surface area contributed by atoms with Crippen LogP contribution in [0, 0.1) is 40.9 Å². The zero-order valence-corrected chi connectivity index (χ0v) is 33.1. The molecular formula is C52H40N4S. The maximum Gasteiger partial charge on any atom is 0.0998 e. The third-order valence-electron chi connectivity index (χ3n) is 10.1. The molecule has 0 radical (unpaired) electrons. The Hall–Kier alpha value is -7.10. The summed E-state index contributed by atoms with van der Waals surface area (Å²) >= 11 is 1.81. The number of anilines is 3. The van der Waals surface area contributed by atoms with Crippen LogP contribution in [-0.2, 0) is 6.42 Å². The number of para-hydroxylation sites is 2. The Labute approximate surface area is 339 Å². The molecule has 0 atom stereocenters. The van der Waals surface area contributed by atoms with Crippen LogP contribution in [0.25, 0.3) is 43.4 Å². The van der Waals surface area contributed by atoms with Crippen molar-refractivity contribution in [2.24, 2.45) is 0 Å². The summed E-state index contributed by atoms with van der Waals surface area (Å²) in [5.41, 5.74) is 9.64. The van der Waals surface area contributed by atoms with Gasteiger partial charge in [0.05, 0.1) is 40.7 Å². The second kappa shape index (κ2) is 17.1. The lowest BCUT2D eigenvalue weighted by molar-refractivity contribution is 1.17. The van der Waals surface area contributed by atoms with Crippen molar-refractivity contribution < 1.29 is 0 Å². The van der Waals surface area contributed by atoms with E-state index in [0.29, 0.717) is 16.7 Å². The van der Waals surface area contributed by atoms with Crippen molar-refractivity contribution in [2.75, 3.05) is 4.90 Å². The van der Waals surface area contributed by atoms with Crippen molar-refractivity contribution in [1.82, 2.24) is 0 Å². The Morgan fingerprint density at radius 1 is 0.667 bits per heavy atom. The molecule has 0 bridgehead atoms. The van der Waals surface area contributed by atoms with Gasteiger partial charge in [0.1, 0.15) is 0 Å². The first kappa shape index (κ1) is 38.2. The van der Waals surface area contributed by atoms with Gasteiger partial charge in [0.2, 0.25) is 0 Å². The van der Waals surface area contributed by atoms with Gasteiger partial charge in [-0.3, -0.25) is 0 Å². The van der Waals surface area contributed by atoms with Gasteiger partial charge in [-0.1, -0.05) is 110 Å². The van der Waals surface area contributed by atoms with Crippen LogP contribution >= 0.6 is 11.8 Å². The molecule has 0 saturated heterocycles. The molecule has 1 aliphatic rings. The lowest BCUT2D eigenvalue weighted by Crippen LogP contribution is -2.14. The Morgan fingerprint density at radius 2 is 1.18 bits per heavy atom. The zero-order chi connectivity index (χ0) is 39.9. The highest BCUT2D eigenvalue weighted by atomic mass is 32.2. The summed E-state index contributed by atoms with van der Waals surface area (Å²) < 4.78 is 0. The topological polar surface area (TPSA) is 74.6 Å². The summed E-state index contributed by atoms with van der Waals surface area (Å²) in [5.74, 6) is 0. The third kappa shape index (κ3) is 7.74. The Bertz CT molecular complexity index is 2790. The van der Waals surface area contributed by atoms with E-state index >= 15 is 0 Å². The second-order valence-electron chi connectivity index (χ2n) is 13.8. The van der Waals surface area contributed by atoms with Crippen LogP contribution < -0.4 is 4.90 Å². The molecule has 0 saturated carbocycles. The third-order valence-corrected chi connectivity index (χ3v) is 11.2. The number of benzene rings is 8. The molecule has 8 aromatic rings. The van der Waals surface area contributed by atoms with E-state index in [4.69, 9.17) is 5.26 Å². The number of fused-ring (bicyclic) bond motifs is 2. The molecule has 0 aromatic heterocycles. The number of rotatable bonds is 5. The lowest BCUT2D eigenvalue weighted by Gasteiger charge is -2.33. The second-order valence-corrected chi connectivity index (χ2v) is 14.9. The maximum absolute atomic E-state index is 9.77. The monoisotopic (exact) mass is 752 g/mol. The van der Waals surface area contributed by atoms with E-state index in [1.165, 1.54) is 53.8 Å². The summed E-state index contributed by atoms with van der Waals surface area (Å²) in [6.07, 6.45) is 5.77. The Kier molecular flexibility index (Phi) is 11.5. The molecule has 8 aromatic carbocycles. The van der Waals surface area contributed by atoms with Crippen LogP contribution in [0.4, 0.5) is 17.1 Å². The predicted molar refractivity (Wildman–Crippen MR) is 239 cm³/mol. The van der Waals surface area contributed by atoms with E-state index in [-0.39, 0.29) is 0 Å². The van der Waals surface area contributed by atoms with Crippen LogP contribution in [0.5, 0.6) is 0 Å². The summed E-state index contributed by atoms with van der Waals surface area (Å²) in [7, 11) is 0. The predicted octanol–water partition coefficient (Wildman–Crippen LogP) is 14.5. The van der Waals surface area contributed by atoms with E-state index in [0.717, 1.165) is 40.4 Å². The number of hydrogen-bond acceptors (Lipinski definition) is 5. The van der Waals surface area contributed by atoms with Gasteiger partial charge in [-0.15, -0.1) is 6.58 Å². The zero-order valence-electron chi connectivity index (χ0n) is 32.3. The van der Waals surface area contributed by atoms with E-state index in [1.54, 1.807) is 18.2 Å². The summed E-state index contributed by atoms with van der Waals surface area (Å²) in [5, 5.41) is 34.7. The fraction of sp³-hybridized carbons (Fsp3) is 0.0962. The number of nitriles is 3. The highest BCUT2D eigenvalue weighted by Crippen LogP contribution is 2.52. The summed E-state index contributed by atoms with van der Waals surface area (Å²) in [6.45, 7) is 9.64. The van der Waals surface area contributed by atoms with Crippen LogP contribution in [0.2, 0.25) is 0 Å². The first-order valence-electron chi connectivity index (χ1n) is 18.9. The Balaban J connectivity index is 0.000000244. The first-order valence-corrected chi connectivity index (χ1v) is 19.7. The molecular weight excluding hydrogens is 713 g/mol. The average molecular weight is 753 g/mol. The Morgan fingerprint density at radius 3 is 1.65 bits per heavy atom. The molecule has 5 heteroatoms. The van der Waals surface area contributed by atoms with Crippen LogP contribution in [0.15, 0.2) is 174 Å². The van der Waals surface area contributed by atoms with Gasteiger partial charge in [-0.05, 0) is 136 Å². The molecule has 0 spiro atoms. The van der Waals surface area contributed by atoms with Crippen molar-refractivity contribution in [2.45, 2.75) is 43.4 Å². The van der Waals surface area contributed by atoms with Gasteiger partial charge < -0.3 is 4.90 Å². The molecule has 0 N–H and O–H groups in total. The van der Waals surface area contributed by atoms with Gasteiger partial charge in [-0.2, -0.15) is 15.8 Å². The van der Waals surface area contributed by atoms with E-state index < -0.39 is 0 Å².